The molecule has 2 aliphatic heterocycles. The monoisotopic (exact) mass is 426 g/mol. The number of nitrogens with one attached hydrogen (secondary N) is 1. The molecule has 0 saturated carbocycles. The van der Waals surface area contributed by atoms with Crippen LogP contribution in [0, 0.1) is 18.7 Å². The van der Waals surface area contributed by atoms with E-state index in [1.807, 2.05) is 31.2 Å². The van der Waals surface area contributed by atoms with Crippen molar-refractivity contribution >= 4 is 11.8 Å². The average molecular weight is 426 g/mol. The van der Waals surface area contributed by atoms with Crippen LogP contribution in [-0.2, 0) is 16.1 Å². The fourth-order valence-electron chi connectivity index (χ4n) is 4.01. The SMILES string of the molecule is Cc1ccc(CNC(=O)C2CCN(C(=O)[C@H]3Oc4ccccc4O[C@H]3C)CC2)cc1F. The zero-order valence-corrected chi connectivity index (χ0v) is 17.8. The molecule has 2 heterocycles. The summed E-state index contributed by atoms with van der Waals surface area (Å²) >= 11 is 0. The van der Waals surface area contributed by atoms with E-state index in [0.717, 1.165) is 5.56 Å². The molecule has 7 heteroatoms. The van der Waals surface area contributed by atoms with Gasteiger partial charge >= 0.3 is 0 Å². The van der Waals surface area contributed by atoms with E-state index in [1.54, 1.807) is 24.0 Å². The molecule has 2 aliphatic rings. The molecule has 1 saturated heterocycles. The summed E-state index contributed by atoms with van der Waals surface area (Å²) in [7, 11) is 0. The molecule has 2 atom stereocenters. The molecule has 0 aromatic heterocycles. The van der Waals surface area contributed by atoms with E-state index in [9.17, 15) is 14.0 Å². The number of likely N-dealkylation sites (tertiary alicyclic amines) is 1. The highest BCUT2D eigenvalue weighted by Gasteiger charge is 2.38. The molecule has 0 unspecified atom stereocenters. The van der Waals surface area contributed by atoms with Crippen LogP contribution in [0.1, 0.15) is 30.9 Å². The van der Waals surface area contributed by atoms with Gasteiger partial charge < -0.3 is 19.7 Å². The zero-order chi connectivity index (χ0) is 22.0. The molecule has 2 amide bonds. The molecular formula is C24H27FN2O4. The summed E-state index contributed by atoms with van der Waals surface area (Å²) in [6.07, 6.45) is 0.0755. The lowest BCUT2D eigenvalue weighted by molar-refractivity contribution is -0.147. The molecule has 1 N–H and O–H groups in total. The maximum atomic E-state index is 13.7. The molecule has 1 fully saturated rings. The molecule has 4 rings (SSSR count). The van der Waals surface area contributed by atoms with Crippen molar-refractivity contribution in [2.75, 3.05) is 13.1 Å². The number of hydrogen-bond donors (Lipinski definition) is 1. The molecule has 0 aliphatic carbocycles. The Morgan fingerprint density at radius 1 is 1.10 bits per heavy atom. The van der Waals surface area contributed by atoms with Gasteiger partial charge in [-0.25, -0.2) is 4.39 Å². The van der Waals surface area contributed by atoms with Crippen LogP contribution in [0.2, 0.25) is 0 Å². The third kappa shape index (κ3) is 4.65. The van der Waals surface area contributed by atoms with Gasteiger partial charge in [-0.15, -0.1) is 0 Å². The summed E-state index contributed by atoms with van der Waals surface area (Å²) in [5.74, 6) is 0.595. The normalized spacial score (nSPS) is 20.9. The first-order valence-electron chi connectivity index (χ1n) is 10.7. The number of carbonyl (C=O) groups is 2. The van der Waals surface area contributed by atoms with Crippen molar-refractivity contribution in [2.24, 2.45) is 5.92 Å². The standard InChI is InChI=1S/C24H27FN2O4/c1-15-7-8-17(13-19(15)25)14-26-23(28)18-9-11-27(12-10-18)24(29)22-16(2)30-20-5-3-4-6-21(20)31-22/h3-8,13,16,18,22H,9-12,14H2,1-2H3,(H,26,28)/t16-,22-/m0/s1. The van der Waals surface area contributed by atoms with Gasteiger partial charge in [0, 0.05) is 25.6 Å². The molecular weight excluding hydrogens is 399 g/mol. The number of piperidine rings is 1. The Morgan fingerprint density at radius 2 is 1.77 bits per heavy atom. The van der Waals surface area contributed by atoms with Gasteiger partial charge in [-0.05, 0) is 56.0 Å². The summed E-state index contributed by atoms with van der Waals surface area (Å²) in [5, 5.41) is 2.89. The maximum absolute atomic E-state index is 13.7. The van der Waals surface area contributed by atoms with Crippen LogP contribution in [-0.4, -0.2) is 42.0 Å². The first-order valence-corrected chi connectivity index (χ1v) is 10.7. The number of amides is 2. The Hall–Kier alpha value is -3.09. The van der Waals surface area contributed by atoms with Crippen LogP contribution < -0.4 is 14.8 Å². The highest BCUT2D eigenvalue weighted by atomic mass is 19.1. The van der Waals surface area contributed by atoms with Crippen molar-refractivity contribution in [3.8, 4) is 11.5 Å². The Labute approximate surface area is 181 Å². The van der Waals surface area contributed by atoms with Crippen molar-refractivity contribution < 1.29 is 23.5 Å². The molecule has 2 aromatic rings. The van der Waals surface area contributed by atoms with Gasteiger partial charge in [-0.3, -0.25) is 9.59 Å². The molecule has 164 valence electrons. The summed E-state index contributed by atoms with van der Waals surface area (Å²) in [6.45, 7) is 4.80. The van der Waals surface area contributed by atoms with E-state index in [4.69, 9.17) is 9.47 Å². The van der Waals surface area contributed by atoms with E-state index in [0.29, 0.717) is 49.5 Å². The zero-order valence-electron chi connectivity index (χ0n) is 17.8. The number of fused-ring (bicyclic) bond motifs is 1. The van der Waals surface area contributed by atoms with Gasteiger partial charge in [0.05, 0.1) is 0 Å². The minimum absolute atomic E-state index is 0.0624. The first-order chi connectivity index (χ1) is 14.9. The molecule has 2 aromatic carbocycles. The lowest BCUT2D eigenvalue weighted by atomic mass is 9.95. The van der Waals surface area contributed by atoms with Gasteiger partial charge in [0.25, 0.3) is 5.91 Å². The van der Waals surface area contributed by atoms with E-state index in [-0.39, 0.29) is 23.5 Å². The molecule has 6 nitrogen and oxygen atoms in total. The Kier molecular flexibility index (Phi) is 6.11. The average Bonchev–Trinajstić information content (AvgIpc) is 2.79. The van der Waals surface area contributed by atoms with Crippen LogP contribution >= 0.6 is 0 Å². The second kappa shape index (κ2) is 8.96. The Morgan fingerprint density at radius 3 is 2.45 bits per heavy atom. The quantitative estimate of drug-likeness (QED) is 0.815. The second-order valence-electron chi connectivity index (χ2n) is 8.21. The van der Waals surface area contributed by atoms with Crippen LogP contribution in [0.4, 0.5) is 4.39 Å². The van der Waals surface area contributed by atoms with Crippen molar-refractivity contribution in [2.45, 2.75) is 45.4 Å². The number of carbonyl (C=O) groups excluding carboxylic acids is 2. The number of halogens is 1. The van der Waals surface area contributed by atoms with Gasteiger partial charge in [0.2, 0.25) is 12.0 Å². The third-order valence-corrected chi connectivity index (χ3v) is 5.97. The number of benzene rings is 2. The summed E-state index contributed by atoms with van der Waals surface area (Å²) in [6, 6.07) is 12.3. The fourth-order valence-corrected chi connectivity index (χ4v) is 4.01. The molecule has 31 heavy (non-hydrogen) atoms. The van der Waals surface area contributed by atoms with E-state index < -0.39 is 12.2 Å². The number of rotatable bonds is 4. The van der Waals surface area contributed by atoms with Crippen LogP contribution in [0.5, 0.6) is 11.5 Å². The van der Waals surface area contributed by atoms with Crippen molar-refractivity contribution in [3.63, 3.8) is 0 Å². The topological polar surface area (TPSA) is 67.9 Å². The summed E-state index contributed by atoms with van der Waals surface area (Å²) < 4.78 is 25.4. The van der Waals surface area contributed by atoms with Gasteiger partial charge in [0.15, 0.2) is 11.5 Å². The van der Waals surface area contributed by atoms with Crippen LogP contribution in [0.25, 0.3) is 0 Å². The minimum Gasteiger partial charge on any atom is -0.482 e. The van der Waals surface area contributed by atoms with Crippen molar-refractivity contribution in [1.29, 1.82) is 0 Å². The van der Waals surface area contributed by atoms with Gasteiger partial charge in [0.1, 0.15) is 11.9 Å². The lowest BCUT2D eigenvalue weighted by Crippen LogP contribution is -2.53. The second-order valence-corrected chi connectivity index (χ2v) is 8.21. The molecule has 0 spiro atoms. The van der Waals surface area contributed by atoms with Crippen LogP contribution in [0.15, 0.2) is 42.5 Å². The van der Waals surface area contributed by atoms with Gasteiger partial charge in [-0.2, -0.15) is 0 Å². The predicted octanol–water partition coefficient (Wildman–Crippen LogP) is 3.22. The van der Waals surface area contributed by atoms with E-state index in [2.05, 4.69) is 5.32 Å². The minimum atomic E-state index is -0.697. The van der Waals surface area contributed by atoms with E-state index in [1.165, 1.54) is 6.07 Å². The summed E-state index contributed by atoms with van der Waals surface area (Å²) in [4.78, 5) is 27.3. The van der Waals surface area contributed by atoms with Crippen molar-refractivity contribution in [3.05, 3.63) is 59.4 Å². The molecule has 0 bridgehead atoms. The predicted molar refractivity (Wildman–Crippen MR) is 113 cm³/mol. The first kappa shape index (κ1) is 21.2. The fraction of sp³-hybridized carbons (Fsp3) is 0.417. The largest absolute Gasteiger partial charge is 0.482 e. The smallest absolute Gasteiger partial charge is 0.267 e. The maximum Gasteiger partial charge on any atom is 0.267 e. The summed E-state index contributed by atoms with van der Waals surface area (Å²) in [5.41, 5.74) is 1.31. The number of hydrogen-bond acceptors (Lipinski definition) is 4. The Bertz CT molecular complexity index is 972. The highest BCUT2D eigenvalue weighted by Crippen LogP contribution is 2.34. The van der Waals surface area contributed by atoms with E-state index >= 15 is 0 Å². The molecule has 0 radical (unpaired) electrons. The van der Waals surface area contributed by atoms with Gasteiger partial charge in [-0.1, -0.05) is 24.3 Å². The van der Waals surface area contributed by atoms with Crippen molar-refractivity contribution in [1.82, 2.24) is 10.2 Å². The van der Waals surface area contributed by atoms with Crippen LogP contribution in [0.3, 0.4) is 0 Å². The highest BCUT2D eigenvalue weighted by molar-refractivity contribution is 5.83. The number of nitrogens with zero attached hydrogens (tertiary/aromatic N) is 1. The number of aryl methyl sites for hydroxylation is 1. The lowest BCUT2D eigenvalue weighted by Gasteiger charge is -2.37. The number of ether oxygens (including phenoxy) is 2. The third-order valence-electron chi connectivity index (χ3n) is 5.97. The Balaban J connectivity index is 1.28. The number of para-hydroxylation sites is 2.